The molecule has 2 N–H and O–H groups in total. The van der Waals surface area contributed by atoms with Gasteiger partial charge in [0.2, 0.25) is 10.0 Å². The number of carbonyl (C=O) groups is 1. The molecule has 8 heteroatoms. The van der Waals surface area contributed by atoms with Crippen molar-refractivity contribution in [2.75, 3.05) is 13.2 Å². The number of carboxylic acids is 1. The van der Waals surface area contributed by atoms with Crippen LogP contribution >= 0.6 is 15.9 Å². The summed E-state index contributed by atoms with van der Waals surface area (Å²) < 4.78 is 33.0. The minimum Gasteiger partial charge on any atom is -0.478 e. The Balaban J connectivity index is 2.20. The lowest BCUT2D eigenvalue weighted by atomic mass is 10.1. The Morgan fingerprint density at radius 2 is 2.10 bits per heavy atom. The van der Waals surface area contributed by atoms with Crippen LogP contribution in [0.4, 0.5) is 0 Å². The monoisotopic (exact) mass is 377 g/mol. The maximum Gasteiger partial charge on any atom is 0.335 e. The lowest BCUT2D eigenvalue weighted by molar-refractivity contribution is 0.0696. The standard InChI is InChI=1S/C13H16BrNO5S/c14-11-8-9(13(16)17)3-4-12(11)21(18,19)15-10-2-1-6-20-7-5-10/h3-4,8,10,15H,1-2,5-7H2,(H,16,17). The van der Waals surface area contributed by atoms with Crippen molar-refractivity contribution in [2.45, 2.75) is 30.2 Å². The van der Waals surface area contributed by atoms with Gasteiger partial charge in [0.05, 0.1) is 10.5 Å². The topological polar surface area (TPSA) is 92.7 Å². The molecule has 21 heavy (non-hydrogen) atoms. The van der Waals surface area contributed by atoms with E-state index in [4.69, 9.17) is 9.84 Å². The van der Waals surface area contributed by atoms with Crippen molar-refractivity contribution in [3.8, 4) is 0 Å². The highest BCUT2D eigenvalue weighted by Gasteiger charge is 2.23. The summed E-state index contributed by atoms with van der Waals surface area (Å²) in [6.45, 7) is 1.18. The van der Waals surface area contributed by atoms with E-state index >= 15 is 0 Å². The first-order valence-corrected chi connectivity index (χ1v) is 8.81. The predicted molar refractivity (Wildman–Crippen MR) is 79.9 cm³/mol. The first kappa shape index (κ1) is 16.4. The summed E-state index contributed by atoms with van der Waals surface area (Å²) in [6.07, 6.45) is 2.17. The molecule has 0 radical (unpaired) electrons. The van der Waals surface area contributed by atoms with Gasteiger partial charge in [0, 0.05) is 23.7 Å². The van der Waals surface area contributed by atoms with Gasteiger partial charge >= 0.3 is 5.97 Å². The number of benzene rings is 1. The van der Waals surface area contributed by atoms with Crippen LogP contribution in [0.25, 0.3) is 0 Å². The molecule has 0 aliphatic carbocycles. The number of sulfonamides is 1. The fourth-order valence-corrected chi connectivity index (χ4v) is 4.54. The van der Waals surface area contributed by atoms with E-state index in [0.29, 0.717) is 19.6 Å². The summed E-state index contributed by atoms with van der Waals surface area (Å²) >= 11 is 3.12. The molecule has 1 aromatic carbocycles. The van der Waals surface area contributed by atoms with Crippen LogP contribution in [-0.2, 0) is 14.8 Å². The van der Waals surface area contributed by atoms with Gasteiger partial charge in [0.25, 0.3) is 0 Å². The van der Waals surface area contributed by atoms with E-state index in [1.54, 1.807) is 0 Å². The van der Waals surface area contributed by atoms with Gasteiger partial charge in [-0.2, -0.15) is 0 Å². The number of halogens is 1. The van der Waals surface area contributed by atoms with E-state index in [2.05, 4.69) is 20.7 Å². The van der Waals surface area contributed by atoms with E-state index in [9.17, 15) is 13.2 Å². The molecular weight excluding hydrogens is 362 g/mol. The summed E-state index contributed by atoms with van der Waals surface area (Å²) in [5, 5.41) is 8.90. The van der Waals surface area contributed by atoms with Gasteiger partial charge < -0.3 is 9.84 Å². The van der Waals surface area contributed by atoms with Crippen molar-refractivity contribution in [3.05, 3.63) is 28.2 Å². The fraction of sp³-hybridized carbons (Fsp3) is 0.462. The van der Waals surface area contributed by atoms with Crippen molar-refractivity contribution in [3.63, 3.8) is 0 Å². The third-order valence-corrected chi connectivity index (χ3v) is 5.74. The Morgan fingerprint density at radius 1 is 1.33 bits per heavy atom. The molecule has 0 bridgehead atoms. The van der Waals surface area contributed by atoms with E-state index in [1.165, 1.54) is 18.2 Å². The fourth-order valence-electron chi connectivity index (χ4n) is 2.16. The highest BCUT2D eigenvalue weighted by molar-refractivity contribution is 9.10. The zero-order chi connectivity index (χ0) is 15.5. The first-order chi connectivity index (χ1) is 9.90. The van der Waals surface area contributed by atoms with Crippen LogP contribution in [0.3, 0.4) is 0 Å². The molecule has 116 valence electrons. The van der Waals surface area contributed by atoms with Crippen LogP contribution in [0.5, 0.6) is 0 Å². The third-order valence-electron chi connectivity index (χ3n) is 3.24. The highest BCUT2D eigenvalue weighted by Crippen LogP contribution is 2.24. The van der Waals surface area contributed by atoms with Gasteiger partial charge in [-0.05, 0) is 53.4 Å². The molecule has 1 atom stereocenters. The Morgan fingerprint density at radius 3 is 2.76 bits per heavy atom. The number of aromatic carboxylic acids is 1. The number of ether oxygens (including phenoxy) is 1. The maximum atomic E-state index is 12.4. The van der Waals surface area contributed by atoms with E-state index in [-0.39, 0.29) is 21.0 Å². The number of nitrogens with one attached hydrogen (secondary N) is 1. The Labute approximate surface area is 131 Å². The van der Waals surface area contributed by atoms with Gasteiger partial charge in [0.1, 0.15) is 0 Å². The molecule has 0 amide bonds. The number of hydrogen-bond donors (Lipinski definition) is 2. The molecule has 1 aromatic rings. The molecular formula is C13H16BrNO5S. The summed E-state index contributed by atoms with van der Waals surface area (Å²) in [5.74, 6) is -1.10. The number of carboxylic acid groups (broad SMARTS) is 1. The minimum atomic E-state index is -3.69. The largest absolute Gasteiger partial charge is 0.478 e. The van der Waals surface area contributed by atoms with Gasteiger partial charge in [0.15, 0.2) is 0 Å². The Bertz CT molecular complexity index is 623. The quantitative estimate of drug-likeness (QED) is 0.836. The zero-order valence-electron chi connectivity index (χ0n) is 11.2. The van der Waals surface area contributed by atoms with Gasteiger partial charge in [-0.25, -0.2) is 17.9 Å². The van der Waals surface area contributed by atoms with Crippen molar-refractivity contribution >= 4 is 31.9 Å². The second kappa shape index (κ2) is 6.87. The molecule has 0 aromatic heterocycles. The SMILES string of the molecule is O=C(O)c1ccc(S(=O)(=O)NC2CCCOCC2)c(Br)c1. The molecule has 1 aliphatic rings. The van der Waals surface area contributed by atoms with E-state index < -0.39 is 16.0 Å². The second-order valence-electron chi connectivity index (χ2n) is 4.81. The van der Waals surface area contributed by atoms with Crippen molar-refractivity contribution in [2.24, 2.45) is 0 Å². The van der Waals surface area contributed by atoms with E-state index in [0.717, 1.165) is 12.8 Å². The Kier molecular flexibility index (Phi) is 5.37. The molecule has 1 unspecified atom stereocenters. The van der Waals surface area contributed by atoms with Crippen molar-refractivity contribution in [1.82, 2.24) is 4.72 Å². The summed E-state index contributed by atoms with van der Waals surface area (Å²) in [6, 6.07) is 3.69. The molecule has 0 saturated carbocycles. The van der Waals surface area contributed by atoms with Crippen LogP contribution in [0.2, 0.25) is 0 Å². The van der Waals surface area contributed by atoms with Crippen LogP contribution in [-0.4, -0.2) is 38.7 Å². The van der Waals surface area contributed by atoms with Crippen LogP contribution in [0, 0.1) is 0 Å². The lowest BCUT2D eigenvalue weighted by Crippen LogP contribution is -2.35. The summed E-state index contributed by atoms with van der Waals surface area (Å²) in [5.41, 5.74) is 0.0312. The van der Waals surface area contributed by atoms with Crippen LogP contribution in [0.15, 0.2) is 27.6 Å². The van der Waals surface area contributed by atoms with Crippen molar-refractivity contribution < 1.29 is 23.1 Å². The van der Waals surface area contributed by atoms with Crippen molar-refractivity contribution in [1.29, 1.82) is 0 Å². The number of hydrogen-bond acceptors (Lipinski definition) is 4. The average molecular weight is 378 g/mol. The molecule has 1 heterocycles. The average Bonchev–Trinajstić information content (AvgIpc) is 2.66. The molecule has 1 aliphatic heterocycles. The lowest BCUT2D eigenvalue weighted by Gasteiger charge is -2.16. The smallest absolute Gasteiger partial charge is 0.335 e. The molecule has 6 nitrogen and oxygen atoms in total. The zero-order valence-corrected chi connectivity index (χ0v) is 13.6. The van der Waals surface area contributed by atoms with E-state index in [1.807, 2.05) is 0 Å². The van der Waals surface area contributed by atoms with Crippen LogP contribution < -0.4 is 4.72 Å². The molecule has 1 saturated heterocycles. The predicted octanol–water partition coefficient (Wildman–Crippen LogP) is 1.99. The van der Waals surface area contributed by atoms with Gasteiger partial charge in [-0.3, -0.25) is 0 Å². The summed E-state index contributed by atoms with van der Waals surface area (Å²) in [7, 11) is -3.69. The van der Waals surface area contributed by atoms with Crippen LogP contribution in [0.1, 0.15) is 29.6 Å². The molecule has 1 fully saturated rings. The third kappa shape index (κ3) is 4.26. The maximum absolute atomic E-state index is 12.4. The summed E-state index contributed by atoms with van der Waals surface area (Å²) in [4.78, 5) is 10.9. The molecule has 0 spiro atoms. The molecule has 2 rings (SSSR count). The normalized spacial score (nSPS) is 20.0. The second-order valence-corrected chi connectivity index (χ2v) is 7.35. The van der Waals surface area contributed by atoms with Gasteiger partial charge in [-0.1, -0.05) is 0 Å². The highest BCUT2D eigenvalue weighted by atomic mass is 79.9. The Hall–Kier alpha value is -0.960. The number of rotatable bonds is 4. The van der Waals surface area contributed by atoms with Gasteiger partial charge in [-0.15, -0.1) is 0 Å². The first-order valence-electron chi connectivity index (χ1n) is 6.53. The minimum absolute atomic E-state index is 0.0312.